The molecule has 1 atom stereocenters. The molecule has 0 aromatic heterocycles. The minimum Gasteiger partial charge on any atom is -0.481 e. The van der Waals surface area contributed by atoms with E-state index in [1.165, 1.54) is 11.3 Å². The number of rotatable bonds is 5. The average molecular weight is 262 g/mol. The van der Waals surface area contributed by atoms with E-state index in [0.29, 0.717) is 0 Å². The minimum absolute atomic E-state index is 0.200. The van der Waals surface area contributed by atoms with Crippen LogP contribution in [0.4, 0.5) is 5.69 Å². The zero-order valence-corrected chi connectivity index (χ0v) is 11.7. The van der Waals surface area contributed by atoms with Gasteiger partial charge in [0.1, 0.15) is 0 Å². The van der Waals surface area contributed by atoms with E-state index in [2.05, 4.69) is 34.1 Å². The maximum absolute atomic E-state index is 10.8. The van der Waals surface area contributed by atoms with E-state index in [-0.39, 0.29) is 12.5 Å². The Balaban J connectivity index is 1.98. The highest BCUT2D eigenvalue weighted by Gasteiger charge is 2.26. The molecule has 1 unspecified atom stereocenters. The number of hydrogen-bond acceptors (Lipinski definition) is 3. The van der Waals surface area contributed by atoms with Crippen LogP contribution in [0.2, 0.25) is 0 Å². The van der Waals surface area contributed by atoms with Crippen molar-refractivity contribution in [2.45, 2.75) is 31.8 Å². The Morgan fingerprint density at radius 1 is 1.37 bits per heavy atom. The summed E-state index contributed by atoms with van der Waals surface area (Å²) >= 11 is 0. The summed E-state index contributed by atoms with van der Waals surface area (Å²) in [6.07, 6.45) is 2.37. The van der Waals surface area contributed by atoms with E-state index in [1.807, 2.05) is 14.1 Å². The van der Waals surface area contributed by atoms with Crippen molar-refractivity contribution in [3.63, 3.8) is 0 Å². The molecule has 1 aliphatic rings. The summed E-state index contributed by atoms with van der Waals surface area (Å²) in [7, 11) is 4.05. The van der Waals surface area contributed by atoms with Crippen LogP contribution in [0.25, 0.3) is 0 Å². The Labute approximate surface area is 114 Å². The van der Waals surface area contributed by atoms with Gasteiger partial charge in [0.2, 0.25) is 0 Å². The first-order chi connectivity index (χ1) is 9.06. The number of likely N-dealkylation sites (tertiary alicyclic amines) is 1. The van der Waals surface area contributed by atoms with Crippen molar-refractivity contribution >= 4 is 11.7 Å². The molecule has 1 heterocycles. The molecule has 0 spiro atoms. The van der Waals surface area contributed by atoms with Crippen molar-refractivity contribution in [1.82, 2.24) is 4.90 Å². The Kier molecular flexibility index (Phi) is 4.43. The molecule has 1 aliphatic heterocycles. The monoisotopic (exact) mass is 262 g/mol. The molecule has 1 aromatic rings. The first kappa shape index (κ1) is 13.9. The minimum atomic E-state index is -0.695. The van der Waals surface area contributed by atoms with E-state index in [4.69, 9.17) is 5.11 Å². The Morgan fingerprint density at radius 2 is 2.05 bits per heavy atom. The molecule has 0 amide bonds. The lowest BCUT2D eigenvalue weighted by molar-refractivity contribution is -0.138. The topological polar surface area (TPSA) is 43.8 Å². The molecule has 2 rings (SSSR count). The van der Waals surface area contributed by atoms with Gasteiger partial charge >= 0.3 is 5.97 Å². The van der Waals surface area contributed by atoms with Gasteiger partial charge in [-0.2, -0.15) is 0 Å². The molecule has 1 N–H and O–H groups in total. The molecule has 1 saturated heterocycles. The third kappa shape index (κ3) is 3.70. The van der Waals surface area contributed by atoms with Gasteiger partial charge in [0.05, 0.1) is 6.42 Å². The second kappa shape index (κ2) is 6.06. The van der Waals surface area contributed by atoms with Crippen LogP contribution in [0.1, 0.15) is 24.8 Å². The zero-order valence-electron chi connectivity index (χ0n) is 11.7. The molecular formula is C15H22N2O2. The lowest BCUT2D eigenvalue weighted by atomic mass is 10.1. The van der Waals surface area contributed by atoms with Gasteiger partial charge in [-0.25, -0.2) is 0 Å². The molecule has 0 bridgehead atoms. The van der Waals surface area contributed by atoms with Crippen molar-refractivity contribution in [2.75, 3.05) is 25.5 Å². The summed E-state index contributed by atoms with van der Waals surface area (Å²) < 4.78 is 0. The third-order valence-electron chi connectivity index (χ3n) is 3.75. The smallest absolute Gasteiger partial charge is 0.304 e. The number of carboxylic acids is 1. The highest BCUT2D eigenvalue weighted by atomic mass is 16.4. The summed E-state index contributed by atoms with van der Waals surface area (Å²) in [5.41, 5.74) is 2.44. The highest BCUT2D eigenvalue weighted by Crippen LogP contribution is 2.23. The first-order valence-electron chi connectivity index (χ1n) is 6.78. The van der Waals surface area contributed by atoms with Crippen LogP contribution in [-0.2, 0) is 11.3 Å². The van der Waals surface area contributed by atoms with Crippen molar-refractivity contribution in [3.05, 3.63) is 29.8 Å². The fourth-order valence-electron chi connectivity index (χ4n) is 2.67. The van der Waals surface area contributed by atoms with Gasteiger partial charge < -0.3 is 10.0 Å². The van der Waals surface area contributed by atoms with E-state index in [0.717, 1.165) is 25.9 Å². The lowest BCUT2D eigenvalue weighted by Gasteiger charge is -2.23. The molecule has 0 aliphatic carbocycles. The second-order valence-corrected chi connectivity index (χ2v) is 5.43. The maximum Gasteiger partial charge on any atom is 0.304 e. The van der Waals surface area contributed by atoms with E-state index in [9.17, 15) is 4.79 Å². The number of carboxylic acid groups (broad SMARTS) is 1. The maximum atomic E-state index is 10.8. The van der Waals surface area contributed by atoms with Crippen LogP contribution in [0, 0.1) is 0 Å². The molecule has 104 valence electrons. The fraction of sp³-hybridized carbons (Fsp3) is 0.533. The van der Waals surface area contributed by atoms with E-state index < -0.39 is 5.97 Å². The summed E-state index contributed by atoms with van der Waals surface area (Å²) in [6.45, 7) is 1.86. The number of aliphatic carboxylic acids is 1. The molecule has 4 heteroatoms. The Bertz CT molecular complexity index is 428. The van der Waals surface area contributed by atoms with Gasteiger partial charge in [0.25, 0.3) is 0 Å². The Hall–Kier alpha value is -1.55. The van der Waals surface area contributed by atoms with Gasteiger partial charge in [0, 0.05) is 32.4 Å². The second-order valence-electron chi connectivity index (χ2n) is 5.43. The SMILES string of the molecule is CN(C)c1ccc(CN2CCCC2CC(=O)O)cc1. The van der Waals surface area contributed by atoms with Crippen molar-refractivity contribution in [1.29, 1.82) is 0 Å². The quantitative estimate of drug-likeness (QED) is 0.883. The molecule has 0 radical (unpaired) electrons. The van der Waals surface area contributed by atoms with Crippen LogP contribution in [-0.4, -0.2) is 42.7 Å². The van der Waals surface area contributed by atoms with Crippen LogP contribution in [0.3, 0.4) is 0 Å². The summed E-state index contributed by atoms with van der Waals surface area (Å²) in [4.78, 5) is 15.2. The summed E-state index contributed by atoms with van der Waals surface area (Å²) in [5.74, 6) is -0.695. The van der Waals surface area contributed by atoms with Gasteiger partial charge in [-0.05, 0) is 37.1 Å². The predicted molar refractivity (Wildman–Crippen MR) is 76.5 cm³/mol. The van der Waals surface area contributed by atoms with Crippen molar-refractivity contribution < 1.29 is 9.90 Å². The summed E-state index contributed by atoms with van der Waals surface area (Å²) in [6, 6.07) is 8.68. The normalized spacial score (nSPS) is 19.6. The highest BCUT2D eigenvalue weighted by molar-refractivity contribution is 5.67. The standard InChI is InChI=1S/C15H22N2O2/c1-16(2)13-7-5-12(6-8-13)11-17-9-3-4-14(17)10-15(18)19/h5-8,14H,3-4,9-11H2,1-2H3,(H,18,19). The number of carbonyl (C=O) groups is 1. The van der Waals surface area contributed by atoms with Crippen LogP contribution in [0.15, 0.2) is 24.3 Å². The predicted octanol–water partition coefficient (Wildman–Crippen LogP) is 2.19. The van der Waals surface area contributed by atoms with Gasteiger partial charge in [-0.1, -0.05) is 12.1 Å². The number of anilines is 1. The molecule has 0 saturated carbocycles. The van der Waals surface area contributed by atoms with Crippen LogP contribution < -0.4 is 4.90 Å². The molecule has 1 fully saturated rings. The number of nitrogens with zero attached hydrogens (tertiary/aromatic N) is 2. The Morgan fingerprint density at radius 3 is 2.63 bits per heavy atom. The third-order valence-corrected chi connectivity index (χ3v) is 3.75. The largest absolute Gasteiger partial charge is 0.481 e. The van der Waals surface area contributed by atoms with Crippen molar-refractivity contribution in [2.24, 2.45) is 0 Å². The molecular weight excluding hydrogens is 240 g/mol. The van der Waals surface area contributed by atoms with Crippen LogP contribution >= 0.6 is 0 Å². The lowest BCUT2D eigenvalue weighted by Crippen LogP contribution is -2.30. The van der Waals surface area contributed by atoms with Crippen molar-refractivity contribution in [3.8, 4) is 0 Å². The van der Waals surface area contributed by atoms with Crippen LogP contribution in [0.5, 0.6) is 0 Å². The molecule has 4 nitrogen and oxygen atoms in total. The average Bonchev–Trinajstić information content (AvgIpc) is 2.76. The van der Waals surface area contributed by atoms with E-state index >= 15 is 0 Å². The summed E-state index contributed by atoms with van der Waals surface area (Å²) in [5, 5.41) is 8.92. The number of benzene rings is 1. The fourth-order valence-corrected chi connectivity index (χ4v) is 2.67. The number of hydrogen-bond donors (Lipinski definition) is 1. The molecule has 1 aromatic carbocycles. The van der Waals surface area contributed by atoms with Gasteiger partial charge in [-0.3, -0.25) is 9.69 Å². The zero-order chi connectivity index (χ0) is 13.8. The van der Waals surface area contributed by atoms with Gasteiger partial charge in [0.15, 0.2) is 0 Å². The van der Waals surface area contributed by atoms with E-state index in [1.54, 1.807) is 0 Å². The van der Waals surface area contributed by atoms with Gasteiger partial charge in [-0.15, -0.1) is 0 Å². The molecule has 19 heavy (non-hydrogen) atoms. The first-order valence-corrected chi connectivity index (χ1v) is 6.78.